The Labute approximate surface area is 149 Å². The smallest absolute Gasteiger partial charge is 0.337 e. The lowest BCUT2D eigenvalue weighted by molar-refractivity contribution is -0.150. The van der Waals surface area contributed by atoms with Gasteiger partial charge in [0.2, 0.25) is 0 Å². The fourth-order valence-corrected chi connectivity index (χ4v) is 3.07. The van der Waals surface area contributed by atoms with Crippen molar-refractivity contribution in [3.63, 3.8) is 0 Å². The van der Waals surface area contributed by atoms with Gasteiger partial charge in [-0.1, -0.05) is 12.1 Å². The predicted molar refractivity (Wildman–Crippen MR) is 91.7 cm³/mol. The highest BCUT2D eigenvalue weighted by atomic mass is 32.2. The number of rotatable bonds is 5. The normalized spacial score (nSPS) is 16.9. The molecule has 1 aromatic carbocycles. The van der Waals surface area contributed by atoms with Crippen LogP contribution < -0.4 is 0 Å². The fraction of sp³-hybridized carbons (Fsp3) is 0.294. The van der Waals surface area contributed by atoms with Crippen LogP contribution in [-0.4, -0.2) is 47.7 Å². The number of amides is 2. The standard InChI is InChI=1S/C17H17NO6S/c1-4-24-15(20)10(2)18-14(19)13(25-17(18)22)9-11-5-7-12(8-6-11)16(21)23-3/h5-10H,4H2,1-3H3/b13-9-/t10-/m0/s1. The van der Waals surface area contributed by atoms with Crippen molar-refractivity contribution in [3.8, 4) is 0 Å². The molecule has 1 heterocycles. The maximum atomic E-state index is 12.4. The molecular weight excluding hydrogens is 346 g/mol. The van der Waals surface area contributed by atoms with Gasteiger partial charge in [-0.25, -0.2) is 9.59 Å². The van der Waals surface area contributed by atoms with Gasteiger partial charge >= 0.3 is 11.9 Å². The van der Waals surface area contributed by atoms with Crippen LogP contribution in [0, 0.1) is 0 Å². The highest BCUT2D eigenvalue weighted by Crippen LogP contribution is 2.33. The third kappa shape index (κ3) is 4.08. The Kier molecular flexibility index (Phi) is 5.97. The van der Waals surface area contributed by atoms with Crippen LogP contribution >= 0.6 is 11.8 Å². The van der Waals surface area contributed by atoms with E-state index in [4.69, 9.17) is 4.74 Å². The lowest BCUT2D eigenvalue weighted by Crippen LogP contribution is -2.42. The first-order chi connectivity index (χ1) is 11.9. The van der Waals surface area contributed by atoms with E-state index >= 15 is 0 Å². The lowest BCUT2D eigenvalue weighted by atomic mass is 10.1. The van der Waals surface area contributed by atoms with Gasteiger partial charge < -0.3 is 9.47 Å². The van der Waals surface area contributed by atoms with Crippen LogP contribution in [-0.2, 0) is 19.1 Å². The summed E-state index contributed by atoms with van der Waals surface area (Å²) >= 11 is 0.755. The molecule has 0 spiro atoms. The number of benzene rings is 1. The minimum Gasteiger partial charge on any atom is -0.465 e. The summed E-state index contributed by atoms with van der Waals surface area (Å²) in [7, 11) is 1.29. The molecule has 0 aliphatic carbocycles. The molecular formula is C17H17NO6S. The van der Waals surface area contributed by atoms with E-state index in [9.17, 15) is 19.2 Å². The molecule has 0 radical (unpaired) electrons. The summed E-state index contributed by atoms with van der Waals surface area (Å²) in [6.45, 7) is 3.26. The van der Waals surface area contributed by atoms with Gasteiger partial charge in [0.15, 0.2) is 0 Å². The molecule has 1 atom stereocenters. The van der Waals surface area contributed by atoms with E-state index in [1.165, 1.54) is 20.1 Å². The highest BCUT2D eigenvalue weighted by Gasteiger charge is 2.41. The number of hydrogen-bond donors (Lipinski definition) is 0. The topological polar surface area (TPSA) is 90.0 Å². The number of imide groups is 1. The van der Waals surface area contributed by atoms with Gasteiger partial charge in [0.05, 0.1) is 24.2 Å². The molecule has 1 saturated heterocycles. The predicted octanol–water partition coefficient (Wildman–Crippen LogP) is 2.46. The zero-order valence-electron chi connectivity index (χ0n) is 14.0. The van der Waals surface area contributed by atoms with Crippen LogP contribution in [0.5, 0.6) is 0 Å². The molecule has 0 bridgehead atoms. The number of methoxy groups -OCH3 is 1. The third-order valence-electron chi connectivity index (χ3n) is 3.47. The van der Waals surface area contributed by atoms with E-state index in [1.807, 2.05) is 0 Å². The Balaban J connectivity index is 2.19. The second-order valence-corrected chi connectivity index (χ2v) is 6.09. The quantitative estimate of drug-likeness (QED) is 0.586. The van der Waals surface area contributed by atoms with E-state index in [-0.39, 0.29) is 11.5 Å². The van der Waals surface area contributed by atoms with E-state index in [2.05, 4.69) is 4.74 Å². The first kappa shape index (κ1) is 18.7. The van der Waals surface area contributed by atoms with Crippen LogP contribution in [0.2, 0.25) is 0 Å². The molecule has 0 saturated carbocycles. The molecule has 132 valence electrons. The molecule has 2 rings (SSSR count). The maximum absolute atomic E-state index is 12.4. The third-order valence-corrected chi connectivity index (χ3v) is 4.35. The SMILES string of the molecule is CCOC(=O)[C@H](C)N1C(=O)S/C(=C\c2ccc(C(=O)OC)cc2)C1=O. The zero-order valence-corrected chi connectivity index (χ0v) is 14.8. The molecule has 7 nitrogen and oxygen atoms in total. The second-order valence-electron chi connectivity index (χ2n) is 5.09. The second kappa shape index (κ2) is 7.98. The maximum Gasteiger partial charge on any atom is 0.337 e. The summed E-state index contributed by atoms with van der Waals surface area (Å²) in [5.74, 6) is -1.64. The molecule has 0 aromatic heterocycles. The van der Waals surface area contributed by atoms with Crippen LogP contribution in [0.1, 0.15) is 29.8 Å². The molecule has 1 fully saturated rings. The highest BCUT2D eigenvalue weighted by molar-refractivity contribution is 8.18. The number of ether oxygens (including phenoxy) is 2. The molecule has 1 aliphatic rings. The van der Waals surface area contributed by atoms with E-state index in [0.29, 0.717) is 11.1 Å². The minimum atomic E-state index is -0.986. The van der Waals surface area contributed by atoms with Crippen molar-refractivity contribution >= 4 is 40.9 Å². The number of hydrogen-bond acceptors (Lipinski definition) is 7. The number of esters is 2. The summed E-state index contributed by atoms with van der Waals surface area (Å²) in [6, 6.07) is 5.40. The van der Waals surface area contributed by atoms with Gasteiger partial charge in [0.25, 0.3) is 11.1 Å². The Hall–Kier alpha value is -2.61. The van der Waals surface area contributed by atoms with Crippen LogP contribution in [0.25, 0.3) is 6.08 Å². The number of carbonyl (C=O) groups excluding carboxylic acids is 4. The first-order valence-corrected chi connectivity index (χ1v) is 8.32. The first-order valence-electron chi connectivity index (χ1n) is 7.51. The Bertz CT molecular complexity index is 740. The van der Waals surface area contributed by atoms with Crippen molar-refractivity contribution in [2.45, 2.75) is 19.9 Å². The summed E-state index contributed by atoms with van der Waals surface area (Å²) in [6.07, 6.45) is 1.53. The summed E-state index contributed by atoms with van der Waals surface area (Å²) in [5, 5.41) is -0.525. The van der Waals surface area contributed by atoms with E-state index in [0.717, 1.165) is 16.7 Å². The Morgan fingerprint density at radius 2 is 1.88 bits per heavy atom. The van der Waals surface area contributed by atoms with Crippen molar-refractivity contribution in [1.82, 2.24) is 4.90 Å². The van der Waals surface area contributed by atoms with E-state index in [1.54, 1.807) is 31.2 Å². The van der Waals surface area contributed by atoms with E-state index < -0.39 is 29.1 Å². The average molecular weight is 363 g/mol. The minimum absolute atomic E-state index is 0.168. The molecule has 1 aromatic rings. The molecule has 25 heavy (non-hydrogen) atoms. The van der Waals surface area contributed by atoms with Gasteiger partial charge in [0.1, 0.15) is 6.04 Å². The van der Waals surface area contributed by atoms with Gasteiger partial charge in [-0.3, -0.25) is 14.5 Å². The molecule has 0 unspecified atom stereocenters. The van der Waals surface area contributed by atoms with Crippen molar-refractivity contribution < 1.29 is 28.7 Å². The summed E-state index contributed by atoms with van der Waals surface area (Å²) in [4.78, 5) is 48.8. The van der Waals surface area contributed by atoms with Crippen LogP contribution in [0.15, 0.2) is 29.2 Å². The van der Waals surface area contributed by atoms with Crippen molar-refractivity contribution in [1.29, 1.82) is 0 Å². The van der Waals surface area contributed by atoms with Crippen LogP contribution in [0.4, 0.5) is 4.79 Å². The number of nitrogens with zero attached hydrogens (tertiary/aromatic N) is 1. The van der Waals surface area contributed by atoms with Crippen molar-refractivity contribution in [2.75, 3.05) is 13.7 Å². The molecule has 2 amide bonds. The van der Waals surface area contributed by atoms with Gasteiger partial charge in [-0.05, 0) is 49.4 Å². The fourth-order valence-electron chi connectivity index (χ4n) is 2.17. The Morgan fingerprint density at radius 1 is 1.24 bits per heavy atom. The lowest BCUT2D eigenvalue weighted by Gasteiger charge is -2.19. The van der Waals surface area contributed by atoms with Gasteiger partial charge in [0, 0.05) is 0 Å². The zero-order chi connectivity index (χ0) is 18.6. The summed E-state index contributed by atoms with van der Waals surface area (Å²) in [5.41, 5.74) is 1.02. The molecule has 8 heteroatoms. The van der Waals surface area contributed by atoms with Gasteiger partial charge in [-0.15, -0.1) is 0 Å². The summed E-state index contributed by atoms with van der Waals surface area (Å²) < 4.78 is 9.47. The molecule has 0 N–H and O–H groups in total. The van der Waals surface area contributed by atoms with Crippen molar-refractivity contribution in [3.05, 3.63) is 40.3 Å². The van der Waals surface area contributed by atoms with Crippen LogP contribution in [0.3, 0.4) is 0 Å². The number of carbonyl (C=O) groups is 4. The van der Waals surface area contributed by atoms with Crippen molar-refractivity contribution in [2.24, 2.45) is 0 Å². The average Bonchev–Trinajstić information content (AvgIpc) is 2.88. The van der Waals surface area contributed by atoms with Gasteiger partial charge in [-0.2, -0.15) is 0 Å². The monoisotopic (exact) mass is 363 g/mol. The Morgan fingerprint density at radius 3 is 2.44 bits per heavy atom. The number of thioether (sulfide) groups is 1. The molecule has 1 aliphatic heterocycles. The largest absolute Gasteiger partial charge is 0.465 e.